The lowest BCUT2D eigenvalue weighted by molar-refractivity contribution is -0.141. The van der Waals surface area contributed by atoms with Crippen LogP contribution in [0.3, 0.4) is 0 Å². The van der Waals surface area contributed by atoms with Gasteiger partial charge in [-0.3, -0.25) is 9.59 Å². The molecule has 38 heavy (non-hydrogen) atoms. The van der Waals surface area contributed by atoms with Crippen molar-refractivity contribution in [3.8, 4) is 0 Å². The smallest absolute Gasteiger partial charge is 0.247 e. The van der Waals surface area contributed by atoms with E-state index in [0.717, 1.165) is 24.0 Å². The van der Waals surface area contributed by atoms with Crippen LogP contribution in [-0.4, -0.2) is 49.4 Å². The van der Waals surface area contributed by atoms with Gasteiger partial charge < -0.3 is 15.3 Å². The first-order valence-corrected chi connectivity index (χ1v) is 14.2. The summed E-state index contributed by atoms with van der Waals surface area (Å²) >= 11 is 0. The minimum Gasteiger partial charge on any atom is -0.395 e. The van der Waals surface area contributed by atoms with Gasteiger partial charge in [-0.2, -0.15) is 0 Å². The molecule has 0 saturated heterocycles. The molecular weight excluding hydrogens is 502 g/mol. The number of carbonyl (C=O) groups is 2. The maximum atomic E-state index is 13.7. The number of aryl methyl sites for hydroxylation is 1. The Morgan fingerprint density at radius 1 is 0.895 bits per heavy atom. The molecule has 9 heteroatoms. The monoisotopic (exact) mass is 535 g/mol. The van der Waals surface area contributed by atoms with Gasteiger partial charge in [0, 0.05) is 25.6 Å². The third-order valence-electron chi connectivity index (χ3n) is 6.36. The van der Waals surface area contributed by atoms with Crippen molar-refractivity contribution in [2.24, 2.45) is 0 Å². The maximum Gasteiger partial charge on any atom is 0.247 e. The van der Waals surface area contributed by atoms with Crippen LogP contribution in [0.25, 0.3) is 0 Å². The predicted octanol–water partition coefficient (Wildman–Crippen LogP) is 2.94. The summed E-state index contributed by atoms with van der Waals surface area (Å²) in [6.07, 6.45) is 2.25. The van der Waals surface area contributed by atoms with Crippen LogP contribution >= 0.6 is 0 Å². The lowest BCUT2D eigenvalue weighted by Crippen LogP contribution is -2.44. The minimum atomic E-state index is -3.54. The van der Waals surface area contributed by atoms with Gasteiger partial charge in [0.2, 0.25) is 21.8 Å². The molecule has 0 unspecified atom stereocenters. The summed E-state index contributed by atoms with van der Waals surface area (Å²) in [5.74, 6) is -0.582. The van der Waals surface area contributed by atoms with Crippen LogP contribution < -0.4 is 10.0 Å². The van der Waals surface area contributed by atoms with E-state index in [1.807, 2.05) is 60.7 Å². The Kier molecular flexibility index (Phi) is 9.28. The van der Waals surface area contributed by atoms with Crippen LogP contribution in [0.5, 0.6) is 0 Å². The minimum absolute atomic E-state index is 0.0278. The van der Waals surface area contributed by atoms with Gasteiger partial charge in [0.15, 0.2) is 0 Å². The molecule has 1 fully saturated rings. The molecule has 1 aliphatic rings. The van der Waals surface area contributed by atoms with Crippen molar-refractivity contribution in [3.63, 3.8) is 0 Å². The Labute approximate surface area is 223 Å². The summed E-state index contributed by atoms with van der Waals surface area (Å²) in [7, 11) is -3.54. The highest BCUT2D eigenvalue weighted by molar-refractivity contribution is 7.89. The second kappa shape index (κ2) is 12.8. The van der Waals surface area contributed by atoms with Gasteiger partial charge in [0.05, 0.1) is 11.5 Å². The molecule has 1 atom stereocenters. The van der Waals surface area contributed by atoms with Crippen LogP contribution in [0, 0.1) is 0 Å². The number of hydrogen-bond donors (Lipinski definition) is 3. The molecular formula is C29H33N3O5S. The summed E-state index contributed by atoms with van der Waals surface area (Å²) < 4.78 is 27.6. The number of nitrogens with zero attached hydrogens (tertiary/aromatic N) is 1. The van der Waals surface area contributed by atoms with Crippen molar-refractivity contribution in [1.82, 2.24) is 14.9 Å². The SMILES string of the molecule is O=C(NCCO)[C@@H](c1ccccc1)N(Cc1ccccc1)C(=O)CCc1ccc(S(=O)(=O)NC2CC2)cc1. The fraction of sp³-hybridized carbons (Fsp3) is 0.310. The molecule has 1 aliphatic carbocycles. The molecule has 3 aromatic carbocycles. The van der Waals surface area contributed by atoms with E-state index in [2.05, 4.69) is 10.0 Å². The van der Waals surface area contributed by atoms with E-state index >= 15 is 0 Å². The normalized spacial score (nSPS) is 14.0. The third-order valence-corrected chi connectivity index (χ3v) is 7.90. The number of carbonyl (C=O) groups excluding carboxylic acids is 2. The van der Waals surface area contributed by atoms with E-state index in [1.165, 1.54) is 0 Å². The summed E-state index contributed by atoms with van der Waals surface area (Å²) in [4.78, 5) is 28.7. The third kappa shape index (κ3) is 7.50. The Balaban J connectivity index is 1.53. The first-order chi connectivity index (χ1) is 18.4. The first kappa shape index (κ1) is 27.5. The molecule has 0 spiro atoms. The lowest BCUT2D eigenvalue weighted by atomic mass is 10.0. The molecule has 3 N–H and O–H groups in total. The highest BCUT2D eigenvalue weighted by Crippen LogP contribution is 2.26. The average molecular weight is 536 g/mol. The predicted molar refractivity (Wildman–Crippen MR) is 144 cm³/mol. The van der Waals surface area contributed by atoms with E-state index in [4.69, 9.17) is 0 Å². The van der Waals surface area contributed by atoms with Crippen LogP contribution in [0.4, 0.5) is 0 Å². The molecule has 4 rings (SSSR count). The van der Waals surface area contributed by atoms with Crippen LogP contribution in [-0.2, 0) is 32.6 Å². The molecule has 2 amide bonds. The van der Waals surface area contributed by atoms with Gasteiger partial charge in [-0.1, -0.05) is 72.8 Å². The standard InChI is InChI=1S/C29H33N3O5S/c33-20-19-30-29(35)28(24-9-5-2-6-10-24)32(21-23-7-3-1-4-8-23)27(34)18-13-22-11-16-26(17-12-22)38(36,37)31-25-14-15-25/h1-12,16-17,25,28,31,33H,13-15,18-21H2,(H,30,35)/t28-/m1/s1. The second-order valence-electron chi connectivity index (χ2n) is 9.37. The summed E-state index contributed by atoms with van der Waals surface area (Å²) in [6.45, 7) is 0.109. The van der Waals surface area contributed by atoms with E-state index < -0.39 is 16.1 Å². The molecule has 3 aromatic rings. The number of aliphatic hydroxyl groups is 1. The number of benzene rings is 3. The highest BCUT2D eigenvalue weighted by Gasteiger charge is 2.31. The topological polar surface area (TPSA) is 116 Å². The fourth-order valence-electron chi connectivity index (χ4n) is 4.21. The van der Waals surface area contributed by atoms with Gasteiger partial charge in [-0.15, -0.1) is 0 Å². The van der Waals surface area contributed by atoms with Crippen LogP contribution in [0.15, 0.2) is 89.8 Å². The Morgan fingerprint density at radius 2 is 1.53 bits per heavy atom. The Morgan fingerprint density at radius 3 is 2.13 bits per heavy atom. The second-order valence-corrected chi connectivity index (χ2v) is 11.1. The van der Waals surface area contributed by atoms with E-state index in [1.54, 1.807) is 29.2 Å². The van der Waals surface area contributed by atoms with Crippen molar-refractivity contribution in [3.05, 3.63) is 102 Å². The van der Waals surface area contributed by atoms with E-state index in [0.29, 0.717) is 12.0 Å². The summed E-state index contributed by atoms with van der Waals surface area (Å²) in [5.41, 5.74) is 2.38. The molecule has 1 saturated carbocycles. The van der Waals surface area contributed by atoms with Gasteiger partial charge in [0.1, 0.15) is 6.04 Å². The van der Waals surface area contributed by atoms with Gasteiger partial charge >= 0.3 is 0 Å². The molecule has 0 radical (unpaired) electrons. The van der Waals surface area contributed by atoms with Crippen LogP contribution in [0.1, 0.15) is 42.0 Å². The number of aliphatic hydroxyl groups excluding tert-OH is 1. The zero-order valence-corrected chi connectivity index (χ0v) is 21.9. The highest BCUT2D eigenvalue weighted by atomic mass is 32.2. The van der Waals surface area contributed by atoms with Gasteiger partial charge in [0.25, 0.3) is 0 Å². The van der Waals surface area contributed by atoms with Crippen molar-refractivity contribution >= 4 is 21.8 Å². The molecule has 200 valence electrons. The number of rotatable bonds is 13. The zero-order chi connectivity index (χ0) is 27.0. The Bertz CT molecular complexity index is 1310. The number of amides is 2. The zero-order valence-electron chi connectivity index (χ0n) is 21.1. The Hall–Kier alpha value is -3.53. The largest absolute Gasteiger partial charge is 0.395 e. The molecule has 8 nitrogen and oxygen atoms in total. The quantitative estimate of drug-likeness (QED) is 0.311. The lowest BCUT2D eigenvalue weighted by Gasteiger charge is -2.31. The first-order valence-electron chi connectivity index (χ1n) is 12.8. The van der Waals surface area contributed by atoms with Gasteiger partial charge in [-0.05, 0) is 48.1 Å². The van der Waals surface area contributed by atoms with Gasteiger partial charge in [-0.25, -0.2) is 13.1 Å². The fourth-order valence-corrected chi connectivity index (χ4v) is 5.51. The van der Waals surface area contributed by atoms with Crippen molar-refractivity contribution in [2.75, 3.05) is 13.2 Å². The van der Waals surface area contributed by atoms with E-state index in [9.17, 15) is 23.1 Å². The maximum absolute atomic E-state index is 13.7. The summed E-state index contributed by atoms with van der Waals surface area (Å²) in [6, 6.07) is 24.3. The number of nitrogens with one attached hydrogen (secondary N) is 2. The summed E-state index contributed by atoms with van der Waals surface area (Å²) in [5, 5.41) is 12.0. The molecule has 0 aromatic heterocycles. The molecule has 0 heterocycles. The van der Waals surface area contributed by atoms with E-state index in [-0.39, 0.29) is 48.9 Å². The molecule has 0 aliphatic heterocycles. The van der Waals surface area contributed by atoms with Crippen LogP contribution in [0.2, 0.25) is 0 Å². The number of hydrogen-bond acceptors (Lipinski definition) is 5. The molecule has 0 bridgehead atoms. The van der Waals surface area contributed by atoms with Crippen molar-refractivity contribution in [1.29, 1.82) is 0 Å². The van der Waals surface area contributed by atoms with Crippen molar-refractivity contribution in [2.45, 2.75) is 49.2 Å². The number of sulfonamides is 1. The van der Waals surface area contributed by atoms with Crippen molar-refractivity contribution < 1.29 is 23.1 Å². The average Bonchev–Trinajstić information content (AvgIpc) is 3.75.